The fraction of sp³-hybridized carbons (Fsp3) is 0.448. The van der Waals surface area contributed by atoms with Crippen molar-refractivity contribution in [1.82, 2.24) is 15.2 Å². The molecule has 6 rings (SSSR count). The highest BCUT2D eigenvalue weighted by molar-refractivity contribution is 5.82. The first-order chi connectivity index (χ1) is 18.5. The van der Waals surface area contributed by atoms with Crippen LogP contribution in [0, 0.1) is 11.7 Å². The van der Waals surface area contributed by atoms with Crippen molar-refractivity contribution in [1.29, 1.82) is 0 Å². The van der Waals surface area contributed by atoms with Gasteiger partial charge >= 0.3 is 0 Å². The number of aromatic nitrogens is 1. The number of aliphatic hydroxyl groups is 1. The van der Waals surface area contributed by atoms with Gasteiger partial charge in [-0.1, -0.05) is 18.2 Å². The van der Waals surface area contributed by atoms with Crippen LogP contribution >= 0.6 is 0 Å². The Kier molecular flexibility index (Phi) is 7.04. The predicted octanol–water partition coefficient (Wildman–Crippen LogP) is 3.29. The van der Waals surface area contributed by atoms with Gasteiger partial charge in [-0.25, -0.2) is 9.37 Å². The summed E-state index contributed by atoms with van der Waals surface area (Å²) in [5.41, 5.74) is 1.29. The maximum atomic E-state index is 14.7. The van der Waals surface area contributed by atoms with Crippen molar-refractivity contribution in [2.75, 3.05) is 50.8 Å². The van der Waals surface area contributed by atoms with Gasteiger partial charge in [0.1, 0.15) is 25.1 Å². The van der Waals surface area contributed by atoms with Gasteiger partial charge in [0.2, 0.25) is 5.91 Å². The number of carbonyl (C=O) groups is 1. The Morgan fingerprint density at radius 3 is 2.79 bits per heavy atom. The van der Waals surface area contributed by atoms with Gasteiger partial charge in [-0.3, -0.25) is 4.79 Å². The van der Waals surface area contributed by atoms with Gasteiger partial charge in [-0.15, -0.1) is 0 Å². The Hall–Kier alpha value is -3.43. The van der Waals surface area contributed by atoms with E-state index in [2.05, 4.69) is 21.2 Å². The number of carbonyl (C=O) groups excluding carboxylic acids is 1. The molecule has 0 spiro atoms. The lowest BCUT2D eigenvalue weighted by atomic mass is 9.99. The van der Waals surface area contributed by atoms with E-state index >= 15 is 0 Å². The number of nitrogens with one attached hydrogen (secondary N) is 1. The number of hydrogen-bond donors (Lipinski definition) is 2. The molecule has 3 aliphatic rings. The van der Waals surface area contributed by atoms with Crippen molar-refractivity contribution in [3.05, 3.63) is 59.9 Å². The van der Waals surface area contributed by atoms with E-state index in [1.54, 1.807) is 6.07 Å². The normalized spacial score (nSPS) is 21.0. The molecule has 2 saturated heterocycles. The second-order valence-electron chi connectivity index (χ2n) is 10.4. The monoisotopic (exact) mass is 520 g/mol. The molecule has 4 heterocycles. The Balaban J connectivity index is 1.17. The first-order valence-electron chi connectivity index (χ1n) is 13.5. The number of pyridine rings is 1. The number of likely N-dealkylation sites (tertiary alicyclic amines) is 1. The van der Waals surface area contributed by atoms with Gasteiger partial charge in [0.25, 0.3) is 0 Å². The zero-order chi connectivity index (χ0) is 26.1. The standard InChI is InChI=1S/C29H33FN4O4/c30-22-15-21(16-25-28(22)38-14-13-37-25)27(35)24(18-33-10-3-4-11-33)32-29(36)20-9-12-34(17-20)26-8-7-19-5-1-2-6-23(19)31-26/h1-2,5-8,15-16,20,24,27,35H,3-4,9-14,17-18H2,(H,32,36)/t20-,24-,27+/m0/s1. The minimum absolute atomic E-state index is 0.0701. The van der Waals surface area contributed by atoms with E-state index in [1.165, 1.54) is 6.07 Å². The molecule has 0 radical (unpaired) electrons. The summed E-state index contributed by atoms with van der Waals surface area (Å²) in [6.45, 7) is 4.22. The molecular weight excluding hydrogens is 487 g/mol. The number of rotatable bonds is 7. The molecule has 3 aliphatic heterocycles. The van der Waals surface area contributed by atoms with Gasteiger partial charge < -0.3 is 29.7 Å². The Morgan fingerprint density at radius 1 is 1.11 bits per heavy atom. The van der Waals surface area contributed by atoms with Gasteiger partial charge in [0, 0.05) is 25.0 Å². The van der Waals surface area contributed by atoms with Crippen molar-refractivity contribution >= 4 is 22.6 Å². The quantitative estimate of drug-likeness (QED) is 0.495. The summed E-state index contributed by atoms with van der Waals surface area (Å²) in [5, 5.41) is 15.6. The summed E-state index contributed by atoms with van der Waals surface area (Å²) in [7, 11) is 0. The van der Waals surface area contributed by atoms with Crippen molar-refractivity contribution < 1.29 is 23.8 Å². The van der Waals surface area contributed by atoms with Crippen molar-refractivity contribution in [3.63, 3.8) is 0 Å². The summed E-state index contributed by atoms with van der Waals surface area (Å²) in [4.78, 5) is 22.6. The van der Waals surface area contributed by atoms with Gasteiger partial charge in [0.15, 0.2) is 17.3 Å². The molecular formula is C29H33FN4O4. The van der Waals surface area contributed by atoms with Crippen LogP contribution in [-0.4, -0.2) is 72.9 Å². The molecule has 3 atom stereocenters. The summed E-state index contributed by atoms with van der Waals surface area (Å²) < 4.78 is 25.7. The van der Waals surface area contributed by atoms with Crippen LogP contribution in [0.25, 0.3) is 10.9 Å². The SMILES string of the molecule is O=C(N[C@@H](CN1CCCC1)[C@H](O)c1cc(F)c2c(c1)OCCO2)[C@H]1CCN(c2ccc3ccccc3n2)C1. The highest BCUT2D eigenvalue weighted by Crippen LogP contribution is 2.36. The van der Waals surface area contributed by atoms with E-state index in [0.717, 1.165) is 49.2 Å². The number of aliphatic hydroxyl groups excluding tert-OH is 1. The average molecular weight is 521 g/mol. The van der Waals surface area contributed by atoms with Crippen LogP contribution < -0.4 is 19.7 Å². The van der Waals surface area contributed by atoms with Crippen LogP contribution in [0.5, 0.6) is 11.5 Å². The molecule has 3 aromatic rings. The fourth-order valence-corrected chi connectivity index (χ4v) is 5.72. The molecule has 38 heavy (non-hydrogen) atoms. The molecule has 2 N–H and O–H groups in total. The second-order valence-corrected chi connectivity index (χ2v) is 10.4. The van der Waals surface area contributed by atoms with Crippen LogP contribution in [0.3, 0.4) is 0 Å². The molecule has 1 aromatic heterocycles. The molecule has 2 fully saturated rings. The molecule has 9 heteroatoms. The summed E-state index contributed by atoms with van der Waals surface area (Å²) in [5.74, 6) is 0.311. The molecule has 0 unspecified atom stereocenters. The van der Waals surface area contributed by atoms with E-state index in [-0.39, 0.29) is 29.9 Å². The number of anilines is 1. The minimum atomic E-state index is -1.09. The number of amides is 1. The Labute approximate surface area is 221 Å². The smallest absolute Gasteiger partial charge is 0.225 e. The van der Waals surface area contributed by atoms with Crippen molar-refractivity contribution in [2.45, 2.75) is 31.4 Å². The molecule has 200 valence electrons. The lowest BCUT2D eigenvalue weighted by molar-refractivity contribution is -0.126. The zero-order valence-electron chi connectivity index (χ0n) is 21.3. The first-order valence-corrected chi connectivity index (χ1v) is 13.5. The summed E-state index contributed by atoms with van der Waals surface area (Å²) in [6.07, 6.45) is 1.78. The van der Waals surface area contributed by atoms with Crippen LogP contribution in [0.2, 0.25) is 0 Å². The fourth-order valence-electron chi connectivity index (χ4n) is 5.72. The van der Waals surface area contributed by atoms with Crippen LogP contribution in [-0.2, 0) is 4.79 Å². The van der Waals surface area contributed by atoms with E-state index in [1.807, 2.05) is 30.3 Å². The maximum Gasteiger partial charge on any atom is 0.225 e. The highest BCUT2D eigenvalue weighted by atomic mass is 19.1. The van der Waals surface area contributed by atoms with Crippen LogP contribution in [0.4, 0.5) is 10.2 Å². The van der Waals surface area contributed by atoms with E-state index < -0.39 is 18.0 Å². The minimum Gasteiger partial charge on any atom is -0.486 e. The number of fused-ring (bicyclic) bond motifs is 2. The first kappa shape index (κ1) is 24.9. The predicted molar refractivity (Wildman–Crippen MR) is 142 cm³/mol. The molecule has 0 aliphatic carbocycles. The van der Waals surface area contributed by atoms with Crippen molar-refractivity contribution in [2.24, 2.45) is 5.92 Å². The largest absolute Gasteiger partial charge is 0.486 e. The maximum absolute atomic E-state index is 14.7. The molecule has 0 bridgehead atoms. The molecule has 0 saturated carbocycles. The molecule has 1 amide bonds. The van der Waals surface area contributed by atoms with Crippen molar-refractivity contribution in [3.8, 4) is 11.5 Å². The third-order valence-corrected chi connectivity index (χ3v) is 7.79. The summed E-state index contributed by atoms with van der Waals surface area (Å²) in [6, 6.07) is 14.4. The third-order valence-electron chi connectivity index (χ3n) is 7.79. The van der Waals surface area contributed by atoms with E-state index in [4.69, 9.17) is 14.5 Å². The van der Waals surface area contributed by atoms with Crippen LogP contribution in [0.1, 0.15) is 30.9 Å². The lowest BCUT2D eigenvalue weighted by Gasteiger charge is -2.30. The van der Waals surface area contributed by atoms with Crippen LogP contribution in [0.15, 0.2) is 48.5 Å². The Bertz CT molecular complexity index is 1310. The second kappa shape index (κ2) is 10.7. The number of nitrogens with zero attached hydrogens (tertiary/aromatic N) is 3. The topological polar surface area (TPSA) is 87.2 Å². The number of ether oxygens (including phenoxy) is 2. The van der Waals surface area contributed by atoms with E-state index in [9.17, 15) is 14.3 Å². The number of para-hydroxylation sites is 1. The van der Waals surface area contributed by atoms with Gasteiger partial charge in [-0.2, -0.15) is 0 Å². The van der Waals surface area contributed by atoms with Gasteiger partial charge in [-0.05, 0) is 68.2 Å². The van der Waals surface area contributed by atoms with Gasteiger partial charge in [0.05, 0.1) is 17.5 Å². The third kappa shape index (κ3) is 5.13. The number of benzene rings is 2. The average Bonchev–Trinajstić information content (AvgIpc) is 3.65. The van der Waals surface area contributed by atoms with E-state index in [0.29, 0.717) is 31.7 Å². The Morgan fingerprint density at radius 2 is 1.92 bits per heavy atom. The molecule has 2 aromatic carbocycles. The molecule has 8 nitrogen and oxygen atoms in total. The summed E-state index contributed by atoms with van der Waals surface area (Å²) >= 11 is 0. The highest BCUT2D eigenvalue weighted by Gasteiger charge is 2.34. The number of hydrogen-bond acceptors (Lipinski definition) is 7. The zero-order valence-corrected chi connectivity index (χ0v) is 21.3. The number of halogens is 1. The lowest BCUT2D eigenvalue weighted by Crippen LogP contribution is -2.48.